The van der Waals surface area contributed by atoms with E-state index in [-0.39, 0.29) is 6.29 Å². The van der Waals surface area contributed by atoms with Crippen molar-refractivity contribution in [2.75, 3.05) is 19.8 Å². The van der Waals surface area contributed by atoms with Gasteiger partial charge < -0.3 is 14.2 Å². The van der Waals surface area contributed by atoms with Gasteiger partial charge in [0.15, 0.2) is 6.29 Å². The van der Waals surface area contributed by atoms with Gasteiger partial charge in [-0.25, -0.2) is 0 Å². The summed E-state index contributed by atoms with van der Waals surface area (Å²) in [6.45, 7) is 6.19. The van der Waals surface area contributed by atoms with Crippen LogP contribution in [0.3, 0.4) is 0 Å². The van der Waals surface area contributed by atoms with E-state index < -0.39 is 0 Å². The van der Waals surface area contributed by atoms with Crippen molar-refractivity contribution >= 4 is 6.08 Å². The van der Waals surface area contributed by atoms with E-state index in [0.29, 0.717) is 0 Å². The standard InChI is InChI=1S/C19H28O3/c1-2-17-10-12-18(13-11-17)20-14-6-3-4-7-15-21-19-9-5-8-16-22-19/h2,10-13,19H,1,3-9,14-16H2. The summed E-state index contributed by atoms with van der Waals surface area (Å²) < 4.78 is 17.0. The van der Waals surface area contributed by atoms with Gasteiger partial charge in [0.2, 0.25) is 0 Å². The van der Waals surface area contributed by atoms with Gasteiger partial charge in [-0.05, 0) is 56.2 Å². The van der Waals surface area contributed by atoms with Crippen LogP contribution in [0.4, 0.5) is 0 Å². The molecule has 22 heavy (non-hydrogen) atoms. The Balaban J connectivity index is 1.42. The lowest BCUT2D eigenvalue weighted by molar-refractivity contribution is -0.162. The average molecular weight is 304 g/mol. The Hall–Kier alpha value is -1.32. The number of ether oxygens (including phenoxy) is 3. The smallest absolute Gasteiger partial charge is 0.157 e. The number of hydrogen-bond donors (Lipinski definition) is 0. The Morgan fingerprint density at radius 1 is 1.05 bits per heavy atom. The molecule has 0 amide bonds. The zero-order chi connectivity index (χ0) is 15.5. The Morgan fingerprint density at radius 2 is 1.82 bits per heavy atom. The quantitative estimate of drug-likeness (QED) is 0.580. The molecule has 1 aromatic carbocycles. The Labute approximate surface area is 134 Å². The topological polar surface area (TPSA) is 27.7 Å². The predicted molar refractivity (Wildman–Crippen MR) is 90.0 cm³/mol. The van der Waals surface area contributed by atoms with Gasteiger partial charge in [0.25, 0.3) is 0 Å². The molecule has 1 aliphatic rings. The highest BCUT2D eigenvalue weighted by Gasteiger charge is 2.13. The van der Waals surface area contributed by atoms with Crippen LogP contribution >= 0.6 is 0 Å². The summed E-state index contributed by atoms with van der Waals surface area (Å²) in [5, 5.41) is 0. The molecular formula is C19H28O3. The van der Waals surface area contributed by atoms with Crippen LogP contribution < -0.4 is 4.74 Å². The van der Waals surface area contributed by atoms with Crippen molar-refractivity contribution in [1.29, 1.82) is 0 Å². The minimum absolute atomic E-state index is 0.0515. The zero-order valence-electron chi connectivity index (χ0n) is 13.5. The number of hydrogen-bond acceptors (Lipinski definition) is 3. The van der Waals surface area contributed by atoms with Crippen LogP contribution in [0, 0.1) is 0 Å². The number of benzene rings is 1. The molecule has 122 valence electrons. The van der Waals surface area contributed by atoms with Gasteiger partial charge in [0.05, 0.1) is 6.61 Å². The van der Waals surface area contributed by atoms with Crippen LogP contribution in [0.25, 0.3) is 6.08 Å². The summed E-state index contributed by atoms with van der Waals surface area (Å²) in [5.41, 5.74) is 1.12. The SMILES string of the molecule is C=Cc1ccc(OCCCCCCOC2CCCCO2)cc1. The predicted octanol–water partition coefficient (Wildman–Crippen LogP) is 4.81. The minimum Gasteiger partial charge on any atom is -0.494 e. The fraction of sp³-hybridized carbons (Fsp3) is 0.579. The van der Waals surface area contributed by atoms with Crippen LogP contribution in [-0.4, -0.2) is 26.1 Å². The number of rotatable bonds is 10. The lowest BCUT2D eigenvalue weighted by Crippen LogP contribution is -2.22. The largest absolute Gasteiger partial charge is 0.494 e. The highest BCUT2D eigenvalue weighted by atomic mass is 16.7. The van der Waals surface area contributed by atoms with Crippen LogP contribution in [0.15, 0.2) is 30.8 Å². The molecule has 1 atom stereocenters. The second-order valence-electron chi connectivity index (χ2n) is 5.70. The highest BCUT2D eigenvalue weighted by molar-refractivity contribution is 5.48. The summed E-state index contributed by atoms with van der Waals surface area (Å²) in [5.74, 6) is 0.934. The monoisotopic (exact) mass is 304 g/mol. The average Bonchev–Trinajstić information content (AvgIpc) is 2.59. The second-order valence-corrected chi connectivity index (χ2v) is 5.70. The third-order valence-corrected chi connectivity index (χ3v) is 3.86. The maximum absolute atomic E-state index is 5.72. The van der Waals surface area contributed by atoms with Crippen LogP contribution in [0.1, 0.15) is 50.5 Å². The second kappa shape index (κ2) is 10.4. The molecule has 0 aliphatic carbocycles. The maximum atomic E-state index is 5.72. The molecule has 0 spiro atoms. The highest BCUT2D eigenvalue weighted by Crippen LogP contribution is 2.15. The van der Waals surface area contributed by atoms with E-state index in [9.17, 15) is 0 Å². The van der Waals surface area contributed by atoms with E-state index in [1.165, 1.54) is 25.7 Å². The summed E-state index contributed by atoms with van der Waals surface area (Å²) in [6, 6.07) is 8.03. The van der Waals surface area contributed by atoms with Gasteiger partial charge in [-0.2, -0.15) is 0 Å². The third kappa shape index (κ3) is 6.63. The molecule has 1 heterocycles. The maximum Gasteiger partial charge on any atom is 0.157 e. The summed E-state index contributed by atoms with van der Waals surface area (Å²) in [7, 11) is 0. The Morgan fingerprint density at radius 3 is 2.50 bits per heavy atom. The summed E-state index contributed by atoms with van der Waals surface area (Å²) in [4.78, 5) is 0. The molecule has 0 radical (unpaired) electrons. The van der Waals surface area contributed by atoms with Crippen molar-refractivity contribution in [3.8, 4) is 5.75 Å². The van der Waals surface area contributed by atoms with Crippen molar-refractivity contribution in [3.63, 3.8) is 0 Å². The van der Waals surface area contributed by atoms with Gasteiger partial charge in [-0.3, -0.25) is 0 Å². The summed E-state index contributed by atoms with van der Waals surface area (Å²) >= 11 is 0. The molecule has 2 rings (SSSR count). The first-order valence-electron chi connectivity index (χ1n) is 8.47. The van der Waals surface area contributed by atoms with Gasteiger partial charge in [0.1, 0.15) is 5.75 Å². The molecule has 1 unspecified atom stereocenters. The molecule has 0 N–H and O–H groups in total. The molecule has 1 aromatic rings. The van der Waals surface area contributed by atoms with Crippen molar-refractivity contribution in [2.24, 2.45) is 0 Å². The van der Waals surface area contributed by atoms with E-state index in [1.807, 2.05) is 30.3 Å². The molecule has 0 aromatic heterocycles. The Bertz CT molecular complexity index is 407. The van der Waals surface area contributed by atoms with Crippen molar-refractivity contribution in [2.45, 2.75) is 51.2 Å². The molecule has 3 heteroatoms. The lowest BCUT2D eigenvalue weighted by atomic mass is 10.2. The molecular weight excluding hydrogens is 276 g/mol. The van der Waals surface area contributed by atoms with Crippen molar-refractivity contribution in [3.05, 3.63) is 36.4 Å². The van der Waals surface area contributed by atoms with E-state index in [0.717, 1.165) is 50.4 Å². The molecule has 1 aliphatic heterocycles. The Kier molecular flexibility index (Phi) is 8.07. The first-order chi connectivity index (χ1) is 10.9. The normalized spacial score (nSPS) is 18.1. The molecule has 0 saturated carbocycles. The molecule has 1 fully saturated rings. The number of unbranched alkanes of at least 4 members (excludes halogenated alkanes) is 3. The van der Waals surface area contributed by atoms with Crippen LogP contribution in [0.2, 0.25) is 0 Å². The molecule has 0 bridgehead atoms. The zero-order valence-corrected chi connectivity index (χ0v) is 13.5. The van der Waals surface area contributed by atoms with Crippen molar-refractivity contribution < 1.29 is 14.2 Å². The fourth-order valence-electron chi connectivity index (χ4n) is 2.51. The lowest BCUT2D eigenvalue weighted by Gasteiger charge is -2.22. The first-order valence-corrected chi connectivity index (χ1v) is 8.47. The molecule has 3 nitrogen and oxygen atoms in total. The van der Waals surface area contributed by atoms with Gasteiger partial charge in [-0.15, -0.1) is 0 Å². The van der Waals surface area contributed by atoms with E-state index in [4.69, 9.17) is 14.2 Å². The van der Waals surface area contributed by atoms with E-state index >= 15 is 0 Å². The van der Waals surface area contributed by atoms with Crippen LogP contribution in [0.5, 0.6) is 5.75 Å². The van der Waals surface area contributed by atoms with Gasteiger partial charge >= 0.3 is 0 Å². The molecule has 1 saturated heterocycles. The first kappa shape index (κ1) is 17.0. The minimum atomic E-state index is 0.0515. The van der Waals surface area contributed by atoms with Crippen LogP contribution in [-0.2, 0) is 9.47 Å². The summed E-state index contributed by atoms with van der Waals surface area (Å²) in [6.07, 6.45) is 9.91. The third-order valence-electron chi connectivity index (χ3n) is 3.86. The van der Waals surface area contributed by atoms with Gasteiger partial charge in [-0.1, -0.05) is 31.2 Å². The van der Waals surface area contributed by atoms with Crippen molar-refractivity contribution in [1.82, 2.24) is 0 Å². The van der Waals surface area contributed by atoms with E-state index in [2.05, 4.69) is 6.58 Å². The fourth-order valence-corrected chi connectivity index (χ4v) is 2.51. The van der Waals surface area contributed by atoms with Gasteiger partial charge in [0, 0.05) is 13.2 Å². The van der Waals surface area contributed by atoms with E-state index in [1.54, 1.807) is 0 Å².